The highest BCUT2D eigenvalue weighted by Crippen LogP contribution is 2.16. The minimum atomic E-state index is 0.00157. The van der Waals surface area contributed by atoms with Gasteiger partial charge in [-0.1, -0.05) is 13.3 Å². The fourth-order valence-electron chi connectivity index (χ4n) is 1.52. The molecule has 6 nitrogen and oxygen atoms in total. The number of carbonyl (C=O) groups is 1. The van der Waals surface area contributed by atoms with E-state index in [0.717, 1.165) is 43.1 Å². The topological polar surface area (TPSA) is 92.4 Å². The quantitative estimate of drug-likeness (QED) is 0.387. The van der Waals surface area contributed by atoms with Crippen LogP contribution in [-0.4, -0.2) is 29.9 Å². The maximum atomic E-state index is 10.7. The molecule has 20 heavy (non-hydrogen) atoms. The number of hydrogen-bond donors (Lipinski definition) is 3. The number of hydrogen-bond acceptors (Lipinski definition) is 4. The normalized spacial score (nSPS) is 11.4. The molecule has 0 aliphatic rings. The summed E-state index contributed by atoms with van der Waals surface area (Å²) in [5.41, 5.74) is 6.77. The van der Waals surface area contributed by atoms with Gasteiger partial charge in [0.1, 0.15) is 0 Å². The van der Waals surface area contributed by atoms with Crippen LogP contribution in [0.15, 0.2) is 10.4 Å². The van der Waals surface area contributed by atoms with E-state index in [4.69, 9.17) is 5.73 Å². The average molecular weight is 297 g/mol. The molecule has 0 unspecified atom stereocenters. The lowest BCUT2D eigenvalue weighted by atomic mass is 10.2. The molecular formula is C13H23N5OS. The molecule has 0 aliphatic heterocycles. The zero-order valence-electron chi connectivity index (χ0n) is 12.1. The molecule has 1 rings (SSSR count). The monoisotopic (exact) mass is 297 g/mol. The van der Waals surface area contributed by atoms with E-state index < -0.39 is 0 Å². The van der Waals surface area contributed by atoms with Crippen LogP contribution < -0.4 is 16.4 Å². The second-order valence-corrected chi connectivity index (χ2v) is 5.33. The van der Waals surface area contributed by atoms with Gasteiger partial charge in [-0.25, -0.2) is 4.98 Å². The number of anilines is 1. The van der Waals surface area contributed by atoms with E-state index in [0.29, 0.717) is 12.5 Å². The van der Waals surface area contributed by atoms with Crippen LogP contribution in [0, 0.1) is 0 Å². The molecule has 7 heteroatoms. The van der Waals surface area contributed by atoms with Crippen molar-refractivity contribution in [3.63, 3.8) is 0 Å². The SMILES string of the molecule is CCCCN=C(N)Nc1nc(CCCNC(C)=O)cs1. The van der Waals surface area contributed by atoms with Crippen LogP contribution in [0.1, 0.15) is 38.8 Å². The molecule has 0 fully saturated rings. The number of unbranched alkanes of at least 4 members (excludes halogenated alkanes) is 1. The Kier molecular flexibility index (Phi) is 7.64. The van der Waals surface area contributed by atoms with Gasteiger partial charge < -0.3 is 16.4 Å². The van der Waals surface area contributed by atoms with Gasteiger partial charge in [0, 0.05) is 25.4 Å². The zero-order chi connectivity index (χ0) is 14.8. The van der Waals surface area contributed by atoms with Crippen LogP contribution in [0.5, 0.6) is 0 Å². The van der Waals surface area contributed by atoms with Gasteiger partial charge in [0.25, 0.3) is 0 Å². The fraction of sp³-hybridized carbons (Fsp3) is 0.615. The van der Waals surface area contributed by atoms with Crippen molar-refractivity contribution in [1.29, 1.82) is 0 Å². The highest BCUT2D eigenvalue weighted by atomic mass is 32.1. The first-order chi connectivity index (χ1) is 9.61. The Morgan fingerprint density at radius 3 is 3.00 bits per heavy atom. The molecular weight excluding hydrogens is 274 g/mol. The highest BCUT2D eigenvalue weighted by molar-refractivity contribution is 7.13. The summed E-state index contributed by atoms with van der Waals surface area (Å²) in [4.78, 5) is 19.4. The first-order valence-corrected chi connectivity index (χ1v) is 7.75. The molecule has 0 aliphatic carbocycles. The largest absolute Gasteiger partial charge is 0.370 e. The Hall–Kier alpha value is -1.63. The number of nitrogens with zero attached hydrogens (tertiary/aromatic N) is 2. The summed E-state index contributed by atoms with van der Waals surface area (Å²) in [6, 6.07) is 0. The minimum Gasteiger partial charge on any atom is -0.370 e. The lowest BCUT2D eigenvalue weighted by Gasteiger charge is -2.01. The lowest BCUT2D eigenvalue weighted by Crippen LogP contribution is -2.22. The van der Waals surface area contributed by atoms with E-state index in [9.17, 15) is 4.79 Å². The standard InChI is InChI=1S/C13H23N5OS/c1-3-4-7-16-12(14)18-13-17-11(9-20-13)6-5-8-15-10(2)19/h9H,3-8H2,1-2H3,(H,15,19)(H3,14,16,17,18). The van der Waals surface area contributed by atoms with E-state index in [1.807, 2.05) is 5.38 Å². The van der Waals surface area contributed by atoms with Gasteiger partial charge in [-0.3, -0.25) is 9.79 Å². The molecule has 0 radical (unpaired) electrons. The summed E-state index contributed by atoms with van der Waals surface area (Å²) in [6.07, 6.45) is 3.86. The highest BCUT2D eigenvalue weighted by Gasteiger charge is 2.03. The Morgan fingerprint density at radius 1 is 1.50 bits per heavy atom. The molecule has 112 valence electrons. The minimum absolute atomic E-state index is 0.00157. The van der Waals surface area contributed by atoms with Crippen molar-refractivity contribution in [1.82, 2.24) is 10.3 Å². The fourth-order valence-corrected chi connectivity index (χ4v) is 2.27. The van der Waals surface area contributed by atoms with Gasteiger partial charge >= 0.3 is 0 Å². The third kappa shape index (κ3) is 7.08. The van der Waals surface area contributed by atoms with Gasteiger partial charge in [-0.15, -0.1) is 11.3 Å². The first kappa shape index (κ1) is 16.4. The molecule has 0 bridgehead atoms. The molecule has 0 saturated carbocycles. The first-order valence-electron chi connectivity index (χ1n) is 6.87. The maximum absolute atomic E-state index is 10.7. The van der Waals surface area contributed by atoms with Gasteiger partial charge in [0.15, 0.2) is 11.1 Å². The van der Waals surface area contributed by atoms with Crippen LogP contribution in [0.25, 0.3) is 0 Å². The Labute approximate surface area is 123 Å². The van der Waals surface area contributed by atoms with Crippen molar-refractivity contribution >= 4 is 28.3 Å². The molecule has 1 amide bonds. The third-order valence-corrected chi connectivity index (χ3v) is 3.37. The van der Waals surface area contributed by atoms with E-state index in [1.54, 1.807) is 0 Å². The van der Waals surface area contributed by atoms with Crippen LogP contribution in [-0.2, 0) is 11.2 Å². The molecule has 0 saturated heterocycles. The van der Waals surface area contributed by atoms with Gasteiger partial charge in [-0.2, -0.15) is 0 Å². The third-order valence-electron chi connectivity index (χ3n) is 2.56. The second-order valence-electron chi connectivity index (χ2n) is 4.48. The number of amides is 1. The Bertz CT molecular complexity index is 444. The summed E-state index contributed by atoms with van der Waals surface area (Å²) in [5, 5.41) is 8.52. The van der Waals surface area contributed by atoms with Crippen molar-refractivity contribution < 1.29 is 4.79 Å². The van der Waals surface area contributed by atoms with Gasteiger partial charge in [-0.05, 0) is 19.3 Å². The molecule has 1 aromatic heterocycles. The number of guanidine groups is 1. The van der Waals surface area contributed by atoms with Crippen molar-refractivity contribution in [2.45, 2.75) is 39.5 Å². The van der Waals surface area contributed by atoms with Crippen molar-refractivity contribution in [3.8, 4) is 0 Å². The number of thiazole rings is 1. The van der Waals surface area contributed by atoms with Crippen LogP contribution in [0.3, 0.4) is 0 Å². The van der Waals surface area contributed by atoms with Crippen molar-refractivity contribution in [2.24, 2.45) is 10.7 Å². The molecule has 1 aromatic rings. The molecule has 0 aromatic carbocycles. The predicted molar refractivity (Wildman–Crippen MR) is 84.1 cm³/mol. The number of aliphatic imine (C=N–C) groups is 1. The average Bonchev–Trinajstić information content (AvgIpc) is 2.82. The zero-order valence-corrected chi connectivity index (χ0v) is 12.9. The maximum Gasteiger partial charge on any atom is 0.216 e. The lowest BCUT2D eigenvalue weighted by molar-refractivity contribution is -0.118. The number of rotatable bonds is 8. The summed E-state index contributed by atoms with van der Waals surface area (Å²) < 4.78 is 0. The molecule has 4 N–H and O–H groups in total. The second kappa shape index (κ2) is 9.30. The summed E-state index contributed by atoms with van der Waals surface area (Å²) in [5.74, 6) is 0.416. The smallest absolute Gasteiger partial charge is 0.216 e. The molecule has 0 spiro atoms. The van der Waals surface area contributed by atoms with E-state index >= 15 is 0 Å². The Balaban J connectivity index is 2.31. The summed E-state index contributed by atoms with van der Waals surface area (Å²) in [7, 11) is 0. The molecule has 1 heterocycles. The molecule has 0 atom stereocenters. The summed E-state index contributed by atoms with van der Waals surface area (Å²) in [6.45, 7) is 5.05. The van der Waals surface area contributed by atoms with Crippen LogP contribution in [0.2, 0.25) is 0 Å². The Morgan fingerprint density at radius 2 is 2.30 bits per heavy atom. The number of nitrogens with two attached hydrogens (primary N) is 1. The number of aromatic nitrogens is 1. The predicted octanol–water partition coefficient (Wildman–Crippen LogP) is 1.74. The van der Waals surface area contributed by atoms with E-state index in [2.05, 4.69) is 27.5 Å². The number of carbonyl (C=O) groups excluding carboxylic acids is 1. The van der Waals surface area contributed by atoms with Crippen molar-refractivity contribution in [3.05, 3.63) is 11.1 Å². The van der Waals surface area contributed by atoms with Gasteiger partial charge in [0.2, 0.25) is 5.91 Å². The van der Waals surface area contributed by atoms with Gasteiger partial charge in [0.05, 0.1) is 5.69 Å². The number of aryl methyl sites for hydroxylation is 1. The van der Waals surface area contributed by atoms with E-state index in [-0.39, 0.29) is 5.91 Å². The van der Waals surface area contributed by atoms with E-state index in [1.165, 1.54) is 18.3 Å². The number of nitrogens with one attached hydrogen (secondary N) is 2. The van der Waals surface area contributed by atoms with Crippen LogP contribution in [0.4, 0.5) is 5.13 Å². The van der Waals surface area contributed by atoms with Crippen LogP contribution >= 0.6 is 11.3 Å². The van der Waals surface area contributed by atoms with Crippen molar-refractivity contribution in [2.75, 3.05) is 18.4 Å². The summed E-state index contributed by atoms with van der Waals surface area (Å²) >= 11 is 1.51.